The van der Waals surface area contributed by atoms with E-state index in [1.165, 1.54) is 11.0 Å². The van der Waals surface area contributed by atoms with Crippen LogP contribution in [0, 0.1) is 5.92 Å². The van der Waals surface area contributed by atoms with E-state index in [0.29, 0.717) is 32.2 Å². The third-order valence-electron chi connectivity index (χ3n) is 5.03. The van der Waals surface area contributed by atoms with Gasteiger partial charge >= 0.3 is 12.1 Å². The normalized spacial score (nSPS) is 22.6. The zero-order valence-corrected chi connectivity index (χ0v) is 14.0. The van der Waals surface area contributed by atoms with E-state index < -0.39 is 29.0 Å². The predicted octanol–water partition coefficient (Wildman–Crippen LogP) is 3.71. The molecule has 0 bridgehead atoms. The van der Waals surface area contributed by atoms with Gasteiger partial charge in [0.15, 0.2) is 0 Å². The Hall–Kier alpha value is -1.76. The van der Waals surface area contributed by atoms with Crippen LogP contribution >= 0.6 is 11.6 Å². The molecule has 1 saturated heterocycles. The summed E-state index contributed by atoms with van der Waals surface area (Å²) in [6.45, 7) is 0.507. The predicted molar refractivity (Wildman–Crippen MR) is 84.3 cm³/mol. The number of amides is 1. The molecule has 25 heavy (non-hydrogen) atoms. The maximum atomic E-state index is 13.0. The average Bonchev–Trinajstić information content (AvgIpc) is 3.35. The Morgan fingerprint density at radius 2 is 1.96 bits per heavy atom. The van der Waals surface area contributed by atoms with Gasteiger partial charge in [-0.3, -0.25) is 9.59 Å². The van der Waals surface area contributed by atoms with Gasteiger partial charge in [0, 0.05) is 18.1 Å². The molecule has 1 saturated carbocycles. The third kappa shape index (κ3) is 3.34. The highest BCUT2D eigenvalue weighted by Crippen LogP contribution is 2.53. The van der Waals surface area contributed by atoms with Gasteiger partial charge in [-0.05, 0) is 49.4 Å². The smallest absolute Gasteiger partial charge is 0.416 e. The molecule has 2 fully saturated rings. The van der Waals surface area contributed by atoms with Gasteiger partial charge in [-0.2, -0.15) is 13.2 Å². The van der Waals surface area contributed by atoms with Crippen molar-refractivity contribution in [3.8, 4) is 0 Å². The Bertz CT molecular complexity index is 716. The molecule has 0 spiro atoms. The van der Waals surface area contributed by atoms with Crippen LogP contribution in [0.2, 0.25) is 5.02 Å². The number of carboxylic acid groups (broad SMARTS) is 1. The fourth-order valence-electron chi connectivity index (χ4n) is 3.46. The van der Waals surface area contributed by atoms with Crippen LogP contribution < -0.4 is 0 Å². The third-order valence-corrected chi connectivity index (χ3v) is 5.36. The summed E-state index contributed by atoms with van der Waals surface area (Å²) in [5.41, 5.74) is -1.71. The van der Waals surface area contributed by atoms with Gasteiger partial charge in [0.25, 0.3) is 0 Å². The lowest BCUT2D eigenvalue weighted by atomic mass is 9.90. The molecule has 4 nitrogen and oxygen atoms in total. The van der Waals surface area contributed by atoms with E-state index in [2.05, 4.69) is 0 Å². The van der Waals surface area contributed by atoms with Crippen molar-refractivity contribution in [2.75, 3.05) is 13.1 Å². The molecule has 1 unspecified atom stereocenters. The molecule has 1 atom stereocenters. The number of hydrogen-bond donors (Lipinski definition) is 1. The summed E-state index contributed by atoms with van der Waals surface area (Å²) in [5, 5.41) is 9.29. The molecule has 1 aliphatic heterocycles. The molecule has 1 aromatic carbocycles. The molecule has 1 N–H and O–H groups in total. The molecule has 3 rings (SSSR count). The number of likely N-dealkylation sites (tertiary alicyclic amines) is 1. The van der Waals surface area contributed by atoms with Crippen molar-refractivity contribution in [2.24, 2.45) is 5.92 Å². The van der Waals surface area contributed by atoms with Gasteiger partial charge in [0.2, 0.25) is 5.91 Å². The maximum Gasteiger partial charge on any atom is 0.416 e. The Kier molecular flexibility index (Phi) is 4.47. The lowest BCUT2D eigenvalue weighted by Crippen LogP contribution is -2.46. The highest BCUT2D eigenvalue weighted by molar-refractivity contribution is 6.32. The van der Waals surface area contributed by atoms with Crippen molar-refractivity contribution in [1.29, 1.82) is 0 Å². The number of alkyl halides is 3. The molecular formula is C17H17ClF3NO3. The summed E-state index contributed by atoms with van der Waals surface area (Å²) in [7, 11) is 0. The first kappa shape index (κ1) is 18.0. The van der Waals surface area contributed by atoms with E-state index in [1.54, 1.807) is 0 Å². The van der Waals surface area contributed by atoms with E-state index in [0.717, 1.165) is 12.1 Å². The van der Waals surface area contributed by atoms with Crippen molar-refractivity contribution < 1.29 is 27.9 Å². The van der Waals surface area contributed by atoms with Crippen LogP contribution in [-0.4, -0.2) is 35.0 Å². The summed E-state index contributed by atoms with van der Waals surface area (Å²) in [6.07, 6.45) is -2.62. The molecule has 1 aliphatic carbocycles. The van der Waals surface area contributed by atoms with Crippen LogP contribution in [0.1, 0.15) is 36.8 Å². The quantitative estimate of drug-likeness (QED) is 0.876. The zero-order valence-electron chi connectivity index (χ0n) is 13.3. The summed E-state index contributed by atoms with van der Waals surface area (Å²) >= 11 is 6.10. The molecule has 1 aromatic rings. The molecule has 0 aromatic heterocycles. The molecule has 8 heteroatoms. The van der Waals surface area contributed by atoms with Crippen molar-refractivity contribution in [3.05, 3.63) is 34.3 Å². The molecule has 1 amide bonds. The van der Waals surface area contributed by atoms with Gasteiger partial charge in [-0.25, -0.2) is 0 Å². The molecule has 0 radical (unpaired) electrons. The second-order valence-corrected chi connectivity index (χ2v) is 7.11. The standard InChI is InChI=1S/C17H17ClF3NO3/c18-13-4-3-11(17(19,20)21)8-12(13)16(5-6-16)15(25)22-7-1-2-10(9-22)14(23)24/h3-4,8,10H,1-2,5-7,9H2,(H,23,24). The van der Waals surface area contributed by atoms with Crippen LogP contribution in [-0.2, 0) is 21.2 Å². The Balaban J connectivity index is 1.89. The number of hydrogen-bond acceptors (Lipinski definition) is 2. The van der Waals surface area contributed by atoms with Crippen molar-refractivity contribution in [3.63, 3.8) is 0 Å². The number of aliphatic carboxylic acids is 1. The first-order valence-electron chi connectivity index (χ1n) is 8.04. The van der Waals surface area contributed by atoms with Gasteiger partial charge in [-0.15, -0.1) is 0 Å². The van der Waals surface area contributed by atoms with Crippen LogP contribution in [0.15, 0.2) is 18.2 Å². The number of nitrogens with zero attached hydrogens (tertiary/aromatic N) is 1. The highest BCUT2D eigenvalue weighted by atomic mass is 35.5. The van der Waals surface area contributed by atoms with E-state index in [9.17, 15) is 22.8 Å². The minimum atomic E-state index is -4.52. The second-order valence-electron chi connectivity index (χ2n) is 6.70. The van der Waals surface area contributed by atoms with E-state index >= 15 is 0 Å². The summed E-state index contributed by atoms with van der Waals surface area (Å²) in [6, 6.07) is 3.02. The van der Waals surface area contributed by atoms with Crippen LogP contribution in [0.3, 0.4) is 0 Å². The highest BCUT2D eigenvalue weighted by Gasteiger charge is 2.55. The second kappa shape index (κ2) is 6.20. The Labute approximate surface area is 147 Å². The fraction of sp³-hybridized carbons (Fsp3) is 0.529. The van der Waals surface area contributed by atoms with Gasteiger partial charge in [-0.1, -0.05) is 11.6 Å². The van der Waals surface area contributed by atoms with Gasteiger partial charge in [0.1, 0.15) is 0 Å². The van der Waals surface area contributed by atoms with E-state index in [-0.39, 0.29) is 23.0 Å². The Morgan fingerprint density at radius 3 is 2.52 bits per heavy atom. The number of halogens is 4. The lowest BCUT2D eigenvalue weighted by Gasteiger charge is -2.34. The SMILES string of the molecule is O=C(O)C1CCCN(C(=O)C2(c3cc(C(F)(F)F)ccc3Cl)CC2)C1. The summed E-state index contributed by atoms with van der Waals surface area (Å²) in [5.74, 6) is -1.91. The number of rotatable bonds is 3. The molecule has 136 valence electrons. The monoisotopic (exact) mass is 375 g/mol. The number of carbonyl (C=O) groups excluding carboxylic acids is 1. The van der Waals surface area contributed by atoms with E-state index in [4.69, 9.17) is 16.7 Å². The lowest BCUT2D eigenvalue weighted by molar-refractivity contribution is -0.146. The summed E-state index contributed by atoms with van der Waals surface area (Å²) in [4.78, 5) is 25.6. The molecular weight excluding hydrogens is 359 g/mol. The van der Waals surface area contributed by atoms with Crippen molar-refractivity contribution >= 4 is 23.5 Å². The van der Waals surface area contributed by atoms with Crippen molar-refractivity contribution in [1.82, 2.24) is 4.90 Å². The molecule has 2 aliphatic rings. The topological polar surface area (TPSA) is 57.6 Å². The Morgan fingerprint density at radius 1 is 1.28 bits per heavy atom. The fourth-order valence-corrected chi connectivity index (χ4v) is 3.76. The average molecular weight is 376 g/mol. The number of benzene rings is 1. The van der Waals surface area contributed by atoms with Crippen LogP contribution in [0.4, 0.5) is 13.2 Å². The van der Waals surface area contributed by atoms with Crippen LogP contribution in [0.5, 0.6) is 0 Å². The van der Waals surface area contributed by atoms with Crippen LogP contribution in [0.25, 0.3) is 0 Å². The van der Waals surface area contributed by atoms with Gasteiger partial charge in [0.05, 0.1) is 16.9 Å². The molecule has 1 heterocycles. The number of carboxylic acids is 1. The maximum absolute atomic E-state index is 13.0. The minimum absolute atomic E-state index is 0.0898. The number of carbonyl (C=O) groups is 2. The minimum Gasteiger partial charge on any atom is -0.481 e. The van der Waals surface area contributed by atoms with Gasteiger partial charge < -0.3 is 10.0 Å². The largest absolute Gasteiger partial charge is 0.481 e. The zero-order chi connectivity index (χ0) is 18.4. The number of piperidine rings is 1. The first-order chi connectivity index (χ1) is 11.6. The first-order valence-corrected chi connectivity index (χ1v) is 8.42. The van der Waals surface area contributed by atoms with E-state index in [1.807, 2.05) is 0 Å². The summed E-state index contributed by atoms with van der Waals surface area (Å²) < 4.78 is 39.0. The van der Waals surface area contributed by atoms with Crippen molar-refractivity contribution in [2.45, 2.75) is 37.3 Å².